The highest BCUT2D eigenvalue weighted by atomic mass is 32.2. The molecule has 0 aliphatic carbocycles. The monoisotopic (exact) mass is 493 g/mol. The van der Waals surface area contributed by atoms with Crippen LogP contribution in [0.1, 0.15) is 12.8 Å². The Morgan fingerprint density at radius 1 is 1.12 bits per heavy atom. The maximum absolute atomic E-state index is 12.7. The van der Waals surface area contributed by atoms with Gasteiger partial charge in [-0.1, -0.05) is 6.07 Å². The highest BCUT2D eigenvalue weighted by molar-refractivity contribution is 7.89. The van der Waals surface area contributed by atoms with Crippen molar-refractivity contribution >= 4 is 27.6 Å². The fraction of sp³-hybridized carbons (Fsp3) is 0.600. The first-order valence-corrected chi connectivity index (χ1v) is 11.9. The average molecular weight is 494 g/mol. The zero-order chi connectivity index (χ0) is 24.1. The Labute approximate surface area is 189 Å². The Balaban J connectivity index is 1.47. The molecule has 2 aliphatic rings. The van der Waals surface area contributed by atoms with E-state index in [9.17, 15) is 31.2 Å². The van der Waals surface area contributed by atoms with Gasteiger partial charge in [-0.05, 0) is 44.1 Å². The number of amides is 1. The number of hydrogen-bond donors (Lipinski definition) is 1. The fourth-order valence-corrected chi connectivity index (χ4v) is 5.16. The number of benzene rings is 1. The first-order valence-electron chi connectivity index (χ1n) is 10.5. The summed E-state index contributed by atoms with van der Waals surface area (Å²) < 4.78 is 74.3. The van der Waals surface area contributed by atoms with Gasteiger partial charge in [0.05, 0.1) is 30.6 Å². The summed E-state index contributed by atoms with van der Waals surface area (Å²) in [4.78, 5) is 25.6. The molecule has 33 heavy (non-hydrogen) atoms. The maximum Gasteiger partial charge on any atom is 0.401 e. The molecular weight excluding hydrogens is 467 g/mol. The van der Waals surface area contributed by atoms with Crippen molar-refractivity contribution in [2.24, 2.45) is 5.92 Å². The van der Waals surface area contributed by atoms with Crippen LogP contribution in [0.5, 0.6) is 0 Å². The Bertz CT molecular complexity index is 943. The zero-order valence-corrected chi connectivity index (χ0v) is 18.7. The molecule has 1 aromatic rings. The number of nitrogens with zero attached hydrogens (tertiary/aromatic N) is 2. The number of hydrogen-bond acceptors (Lipinski definition) is 7. The average Bonchev–Trinajstić information content (AvgIpc) is 2.77. The van der Waals surface area contributed by atoms with Crippen LogP contribution in [0.15, 0.2) is 29.2 Å². The molecule has 0 saturated carbocycles. The zero-order valence-electron chi connectivity index (χ0n) is 17.8. The second-order valence-electron chi connectivity index (χ2n) is 7.87. The minimum Gasteiger partial charge on any atom is -0.455 e. The molecule has 3 rings (SSSR count). The molecular formula is C20H26F3N3O6S. The van der Waals surface area contributed by atoms with Crippen LogP contribution in [-0.4, -0.2) is 88.2 Å². The molecule has 0 spiro atoms. The fourth-order valence-electron chi connectivity index (χ4n) is 3.70. The molecule has 9 nitrogen and oxygen atoms in total. The Morgan fingerprint density at radius 2 is 1.79 bits per heavy atom. The lowest BCUT2D eigenvalue weighted by Crippen LogP contribution is -2.42. The summed E-state index contributed by atoms with van der Waals surface area (Å²) in [6.45, 7) is -0.260. The number of sulfonamides is 1. The molecule has 2 saturated heterocycles. The van der Waals surface area contributed by atoms with Gasteiger partial charge in [0.25, 0.3) is 5.91 Å². The second kappa shape index (κ2) is 10.8. The van der Waals surface area contributed by atoms with Gasteiger partial charge in [0.2, 0.25) is 10.0 Å². The number of nitrogens with one attached hydrogen (secondary N) is 1. The van der Waals surface area contributed by atoms with Crippen LogP contribution >= 0.6 is 0 Å². The van der Waals surface area contributed by atoms with E-state index >= 15 is 0 Å². The molecule has 13 heteroatoms. The number of likely N-dealkylation sites (tertiary alicyclic amines) is 1. The summed E-state index contributed by atoms with van der Waals surface area (Å²) in [5, 5.41) is 2.49. The van der Waals surface area contributed by atoms with E-state index in [1.54, 1.807) is 0 Å². The molecule has 0 bridgehead atoms. The number of ether oxygens (including phenoxy) is 2. The molecule has 0 unspecified atom stereocenters. The van der Waals surface area contributed by atoms with Gasteiger partial charge in [-0.15, -0.1) is 0 Å². The number of anilines is 1. The third-order valence-corrected chi connectivity index (χ3v) is 7.29. The quantitative estimate of drug-likeness (QED) is 0.574. The summed E-state index contributed by atoms with van der Waals surface area (Å²) in [7, 11) is -3.73. The van der Waals surface area contributed by atoms with Crippen LogP contribution in [0.25, 0.3) is 0 Å². The number of piperidine rings is 1. The van der Waals surface area contributed by atoms with Crippen LogP contribution in [0.4, 0.5) is 18.9 Å². The number of morpholine rings is 1. The van der Waals surface area contributed by atoms with Crippen LogP contribution in [-0.2, 0) is 29.1 Å². The van der Waals surface area contributed by atoms with E-state index in [2.05, 4.69) is 5.32 Å². The van der Waals surface area contributed by atoms with Gasteiger partial charge in [0, 0.05) is 18.8 Å². The summed E-state index contributed by atoms with van der Waals surface area (Å²) in [6, 6.07) is 5.74. The van der Waals surface area contributed by atoms with Crippen LogP contribution in [0, 0.1) is 5.92 Å². The number of carbonyl (C=O) groups is 2. The van der Waals surface area contributed by atoms with E-state index in [0.717, 1.165) is 0 Å². The van der Waals surface area contributed by atoms with Crippen molar-refractivity contribution in [3.05, 3.63) is 24.3 Å². The van der Waals surface area contributed by atoms with Gasteiger partial charge >= 0.3 is 12.1 Å². The van der Waals surface area contributed by atoms with E-state index in [1.807, 2.05) is 0 Å². The predicted molar refractivity (Wildman–Crippen MR) is 111 cm³/mol. The molecule has 0 radical (unpaired) electrons. The number of alkyl halides is 3. The van der Waals surface area contributed by atoms with Crippen molar-refractivity contribution in [2.45, 2.75) is 23.9 Å². The number of halogens is 3. The smallest absolute Gasteiger partial charge is 0.401 e. The summed E-state index contributed by atoms with van der Waals surface area (Å²) >= 11 is 0. The van der Waals surface area contributed by atoms with E-state index < -0.39 is 47.1 Å². The SMILES string of the molecule is O=C(COC(=O)C1CCN(CC(F)(F)F)CC1)Nc1cccc(S(=O)(=O)N2CCOCC2)c1. The highest BCUT2D eigenvalue weighted by Crippen LogP contribution is 2.24. The van der Waals surface area contributed by atoms with Gasteiger partial charge in [-0.25, -0.2) is 8.42 Å². The lowest BCUT2D eigenvalue weighted by molar-refractivity contribution is -0.157. The third kappa shape index (κ3) is 7.39. The molecule has 0 atom stereocenters. The van der Waals surface area contributed by atoms with Crippen LogP contribution < -0.4 is 5.32 Å². The molecule has 1 aromatic carbocycles. The number of esters is 1. The van der Waals surface area contributed by atoms with Crippen molar-refractivity contribution < 1.29 is 40.7 Å². The molecule has 2 fully saturated rings. The van der Waals surface area contributed by atoms with Gasteiger partial charge in [0.15, 0.2) is 6.61 Å². The number of rotatable bonds is 7. The lowest BCUT2D eigenvalue weighted by Gasteiger charge is -2.31. The molecule has 1 N–H and O–H groups in total. The summed E-state index contributed by atoms with van der Waals surface area (Å²) in [6.07, 6.45) is -3.85. The standard InChI is InChI=1S/C20H26F3N3O6S/c21-20(22,23)14-25-6-4-15(5-7-25)19(28)32-13-18(27)24-16-2-1-3-17(12-16)33(29,30)26-8-10-31-11-9-26/h1-3,12,15H,4-11,13-14H2,(H,24,27). The number of carbonyl (C=O) groups excluding carboxylic acids is 2. The van der Waals surface area contributed by atoms with Crippen molar-refractivity contribution in [3.63, 3.8) is 0 Å². The van der Waals surface area contributed by atoms with Gasteiger partial charge in [-0.2, -0.15) is 17.5 Å². The maximum atomic E-state index is 12.7. The summed E-state index contributed by atoms with van der Waals surface area (Å²) in [5.41, 5.74) is 0.228. The van der Waals surface area contributed by atoms with Crippen molar-refractivity contribution in [1.29, 1.82) is 0 Å². The van der Waals surface area contributed by atoms with Crippen molar-refractivity contribution in [3.8, 4) is 0 Å². The molecule has 0 aromatic heterocycles. The Kier molecular flexibility index (Phi) is 8.32. The van der Waals surface area contributed by atoms with Crippen molar-refractivity contribution in [2.75, 3.05) is 57.9 Å². The first kappa shape index (κ1) is 25.4. The summed E-state index contributed by atoms with van der Waals surface area (Å²) in [5.74, 6) is -1.86. The van der Waals surface area contributed by atoms with E-state index in [-0.39, 0.29) is 49.6 Å². The van der Waals surface area contributed by atoms with E-state index in [4.69, 9.17) is 9.47 Å². The third-order valence-electron chi connectivity index (χ3n) is 5.39. The highest BCUT2D eigenvalue weighted by Gasteiger charge is 2.34. The molecule has 2 aliphatic heterocycles. The second-order valence-corrected chi connectivity index (χ2v) is 9.80. The lowest BCUT2D eigenvalue weighted by atomic mass is 9.97. The predicted octanol–water partition coefficient (Wildman–Crippen LogP) is 1.46. The Hall–Kier alpha value is -2.22. The normalized spacial score (nSPS) is 19.2. The van der Waals surface area contributed by atoms with Gasteiger partial charge in [0.1, 0.15) is 0 Å². The van der Waals surface area contributed by atoms with E-state index in [0.29, 0.717) is 13.2 Å². The van der Waals surface area contributed by atoms with Gasteiger partial charge in [-0.3, -0.25) is 14.5 Å². The molecule has 1 amide bonds. The van der Waals surface area contributed by atoms with E-state index in [1.165, 1.54) is 33.5 Å². The van der Waals surface area contributed by atoms with Crippen LogP contribution in [0.2, 0.25) is 0 Å². The first-order chi connectivity index (χ1) is 15.5. The molecule has 2 heterocycles. The minimum absolute atomic E-state index is 0.0183. The molecule has 184 valence electrons. The largest absolute Gasteiger partial charge is 0.455 e. The minimum atomic E-state index is -4.29. The van der Waals surface area contributed by atoms with Crippen molar-refractivity contribution in [1.82, 2.24) is 9.21 Å². The topological polar surface area (TPSA) is 105 Å². The Morgan fingerprint density at radius 3 is 2.42 bits per heavy atom. The van der Waals surface area contributed by atoms with Crippen LogP contribution in [0.3, 0.4) is 0 Å². The van der Waals surface area contributed by atoms with Gasteiger partial charge < -0.3 is 14.8 Å².